The quantitative estimate of drug-likeness (QED) is 0.388. The number of halogens is 1. The summed E-state index contributed by atoms with van der Waals surface area (Å²) >= 11 is 3.40. The molecule has 1 aliphatic rings. The van der Waals surface area contributed by atoms with E-state index in [2.05, 4.69) is 36.7 Å². The van der Waals surface area contributed by atoms with Gasteiger partial charge in [0.2, 0.25) is 0 Å². The molecular formula is C27H28BrNO4. The Balaban J connectivity index is 2.00. The minimum absolute atomic E-state index is 0.0332. The molecule has 1 heterocycles. The second kappa shape index (κ2) is 8.82. The van der Waals surface area contributed by atoms with Crippen molar-refractivity contribution in [3.63, 3.8) is 0 Å². The van der Waals surface area contributed by atoms with Crippen LogP contribution in [0.3, 0.4) is 0 Å². The molecule has 1 aliphatic carbocycles. The normalized spacial score (nSPS) is 17.2. The summed E-state index contributed by atoms with van der Waals surface area (Å²) in [6.07, 6.45) is 4.49. The van der Waals surface area contributed by atoms with Crippen molar-refractivity contribution in [2.75, 3.05) is 7.11 Å². The molecule has 1 aromatic heterocycles. The SMILES string of the molecule is CCC(C)(C)C1C/C(=C\c2cc(Br)c(O)c(OC)c2)c2nc3ccccc3c(C(=O)O)c2C1. The zero-order valence-electron chi connectivity index (χ0n) is 19.3. The maximum Gasteiger partial charge on any atom is 0.336 e. The summed E-state index contributed by atoms with van der Waals surface area (Å²) in [4.78, 5) is 17.4. The van der Waals surface area contributed by atoms with Crippen molar-refractivity contribution < 1.29 is 19.7 Å². The van der Waals surface area contributed by atoms with Gasteiger partial charge in [-0.15, -0.1) is 0 Å². The van der Waals surface area contributed by atoms with Crippen molar-refractivity contribution in [3.8, 4) is 11.5 Å². The summed E-state index contributed by atoms with van der Waals surface area (Å²) in [6.45, 7) is 6.67. The highest BCUT2D eigenvalue weighted by atomic mass is 79.9. The number of fused-ring (bicyclic) bond motifs is 2. The van der Waals surface area contributed by atoms with Crippen molar-refractivity contribution in [3.05, 3.63) is 63.3 Å². The Morgan fingerprint density at radius 2 is 2.00 bits per heavy atom. The van der Waals surface area contributed by atoms with Gasteiger partial charge in [-0.2, -0.15) is 0 Å². The van der Waals surface area contributed by atoms with E-state index in [9.17, 15) is 15.0 Å². The number of aromatic carboxylic acids is 1. The van der Waals surface area contributed by atoms with Crippen LogP contribution >= 0.6 is 15.9 Å². The number of para-hydroxylation sites is 1. The number of aromatic nitrogens is 1. The van der Waals surface area contributed by atoms with E-state index >= 15 is 0 Å². The smallest absolute Gasteiger partial charge is 0.336 e. The molecule has 172 valence electrons. The summed E-state index contributed by atoms with van der Waals surface area (Å²) in [6, 6.07) is 11.0. The molecule has 0 saturated carbocycles. The van der Waals surface area contributed by atoms with Gasteiger partial charge in [0.05, 0.1) is 28.4 Å². The van der Waals surface area contributed by atoms with Gasteiger partial charge < -0.3 is 14.9 Å². The Labute approximate surface area is 202 Å². The molecule has 5 nitrogen and oxygen atoms in total. The minimum atomic E-state index is -0.923. The average Bonchev–Trinajstić information content (AvgIpc) is 2.79. The molecule has 2 N–H and O–H groups in total. The largest absolute Gasteiger partial charge is 0.503 e. The van der Waals surface area contributed by atoms with Crippen LogP contribution in [0.25, 0.3) is 22.6 Å². The maximum atomic E-state index is 12.4. The van der Waals surface area contributed by atoms with Gasteiger partial charge in [-0.1, -0.05) is 45.4 Å². The molecule has 6 heteroatoms. The molecule has 1 unspecified atom stereocenters. The van der Waals surface area contributed by atoms with Gasteiger partial charge >= 0.3 is 5.97 Å². The minimum Gasteiger partial charge on any atom is -0.503 e. The fraction of sp³-hybridized carbons (Fsp3) is 0.333. The number of nitrogens with zero attached hydrogens (tertiary/aromatic N) is 1. The summed E-state index contributed by atoms with van der Waals surface area (Å²) in [5, 5.41) is 21.1. The molecule has 0 aliphatic heterocycles. The zero-order chi connectivity index (χ0) is 23.9. The fourth-order valence-electron chi connectivity index (χ4n) is 4.64. The van der Waals surface area contributed by atoms with Gasteiger partial charge in [-0.25, -0.2) is 9.78 Å². The lowest BCUT2D eigenvalue weighted by atomic mass is 9.67. The monoisotopic (exact) mass is 509 g/mol. The van der Waals surface area contributed by atoms with Crippen LogP contribution in [0.15, 0.2) is 40.9 Å². The van der Waals surface area contributed by atoms with Crippen LogP contribution in [0.4, 0.5) is 0 Å². The lowest BCUT2D eigenvalue weighted by Gasteiger charge is -2.38. The Kier molecular flexibility index (Phi) is 6.23. The predicted molar refractivity (Wildman–Crippen MR) is 135 cm³/mol. The molecule has 2 aromatic carbocycles. The van der Waals surface area contributed by atoms with Crippen LogP contribution in [-0.4, -0.2) is 28.3 Å². The van der Waals surface area contributed by atoms with Crippen LogP contribution < -0.4 is 4.74 Å². The van der Waals surface area contributed by atoms with E-state index in [-0.39, 0.29) is 17.1 Å². The number of carboxylic acids is 1. The number of phenols is 1. The van der Waals surface area contributed by atoms with Crippen molar-refractivity contribution in [2.24, 2.45) is 11.3 Å². The molecule has 0 amide bonds. The molecular weight excluding hydrogens is 482 g/mol. The lowest BCUT2D eigenvalue weighted by molar-refractivity contribution is 0.0696. The highest BCUT2D eigenvalue weighted by molar-refractivity contribution is 9.10. The molecule has 0 bridgehead atoms. The number of carbonyl (C=O) groups is 1. The number of hydrogen-bond donors (Lipinski definition) is 2. The molecule has 0 radical (unpaired) electrons. The highest BCUT2D eigenvalue weighted by Gasteiger charge is 2.36. The number of phenolic OH excluding ortho intramolecular Hbond substituents is 1. The van der Waals surface area contributed by atoms with E-state index in [4.69, 9.17) is 9.72 Å². The summed E-state index contributed by atoms with van der Waals surface area (Å²) in [7, 11) is 1.51. The molecule has 0 saturated heterocycles. The van der Waals surface area contributed by atoms with E-state index in [1.165, 1.54) is 7.11 Å². The second-order valence-corrected chi connectivity index (χ2v) is 10.2. The van der Waals surface area contributed by atoms with Crippen molar-refractivity contribution in [2.45, 2.75) is 40.0 Å². The Morgan fingerprint density at radius 3 is 2.67 bits per heavy atom. The van der Waals surface area contributed by atoms with E-state index in [0.29, 0.717) is 33.1 Å². The Hall–Kier alpha value is -2.86. The van der Waals surface area contributed by atoms with Crippen LogP contribution in [0.5, 0.6) is 11.5 Å². The third-order valence-electron chi connectivity index (χ3n) is 7.06. The highest BCUT2D eigenvalue weighted by Crippen LogP contribution is 2.46. The summed E-state index contributed by atoms with van der Waals surface area (Å²) in [5.74, 6) is -0.237. The van der Waals surface area contributed by atoms with Crippen molar-refractivity contribution in [1.82, 2.24) is 4.98 Å². The molecule has 0 fully saturated rings. The molecule has 33 heavy (non-hydrogen) atoms. The van der Waals surface area contributed by atoms with Gasteiger partial charge in [0, 0.05) is 5.39 Å². The van der Waals surface area contributed by atoms with Crippen LogP contribution in [0.2, 0.25) is 0 Å². The first-order chi connectivity index (χ1) is 15.7. The first kappa shape index (κ1) is 23.3. The Morgan fingerprint density at radius 1 is 1.27 bits per heavy atom. The van der Waals surface area contributed by atoms with E-state index in [1.54, 1.807) is 6.07 Å². The third kappa shape index (κ3) is 4.24. The van der Waals surface area contributed by atoms with Crippen molar-refractivity contribution in [1.29, 1.82) is 0 Å². The van der Waals surface area contributed by atoms with E-state index in [0.717, 1.165) is 35.2 Å². The number of benzene rings is 2. The number of hydrogen-bond acceptors (Lipinski definition) is 4. The average molecular weight is 510 g/mol. The number of aromatic hydroxyl groups is 1. The second-order valence-electron chi connectivity index (χ2n) is 9.31. The lowest BCUT2D eigenvalue weighted by Crippen LogP contribution is -2.30. The van der Waals surface area contributed by atoms with Crippen molar-refractivity contribution >= 4 is 44.5 Å². The van der Waals surface area contributed by atoms with Gasteiger partial charge in [-0.3, -0.25) is 0 Å². The van der Waals surface area contributed by atoms with Gasteiger partial charge in [-0.05, 0) is 81.1 Å². The molecule has 3 aromatic rings. The molecule has 1 atom stereocenters. The number of pyridine rings is 1. The van der Waals surface area contributed by atoms with Crippen LogP contribution in [0, 0.1) is 11.3 Å². The topological polar surface area (TPSA) is 79.7 Å². The number of allylic oxidation sites excluding steroid dienone is 1. The molecule has 4 rings (SSSR count). The molecule has 0 spiro atoms. The first-order valence-corrected chi connectivity index (χ1v) is 11.9. The standard InChI is InChI=1S/C27H28BrNO4/c1-5-27(2,3)17-13-16(10-15-11-20(28)25(30)22(12-15)33-4)24-19(14-17)23(26(31)32)18-8-6-7-9-21(18)29-24/h6-12,17,30H,5,13-14H2,1-4H3,(H,31,32)/b16-10+. The number of rotatable bonds is 5. The third-order valence-corrected chi connectivity index (χ3v) is 7.66. The summed E-state index contributed by atoms with van der Waals surface area (Å²) in [5.41, 5.74) is 4.45. The number of methoxy groups -OCH3 is 1. The van der Waals surface area contributed by atoms with E-state index in [1.807, 2.05) is 36.4 Å². The summed E-state index contributed by atoms with van der Waals surface area (Å²) < 4.78 is 5.86. The first-order valence-electron chi connectivity index (χ1n) is 11.1. The number of carboxylic acid groups (broad SMARTS) is 1. The van der Waals surface area contributed by atoms with Gasteiger partial charge in [0.25, 0.3) is 0 Å². The zero-order valence-corrected chi connectivity index (χ0v) is 20.9. The number of ether oxygens (including phenoxy) is 1. The predicted octanol–water partition coefficient (Wildman–Crippen LogP) is 6.95. The van der Waals surface area contributed by atoms with E-state index < -0.39 is 5.97 Å². The van der Waals surface area contributed by atoms with Gasteiger partial charge in [0.15, 0.2) is 11.5 Å². The van der Waals surface area contributed by atoms with Gasteiger partial charge in [0.1, 0.15) is 0 Å². The van der Waals surface area contributed by atoms with Crippen LogP contribution in [0.1, 0.15) is 60.8 Å². The van der Waals surface area contributed by atoms with Crippen LogP contribution in [-0.2, 0) is 6.42 Å². The fourth-order valence-corrected chi connectivity index (χ4v) is 5.10. The maximum absolute atomic E-state index is 12.4. The Bertz CT molecular complexity index is 1280.